The minimum Gasteiger partial charge on any atom is -0.274 e. The summed E-state index contributed by atoms with van der Waals surface area (Å²) in [6.07, 6.45) is 0.131. The molecule has 0 spiro atoms. The quantitative estimate of drug-likeness (QED) is 0.432. The van der Waals surface area contributed by atoms with Gasteiger partial charge in [-0.15, -0.1) is 0 Å². The number of anilines is 1. The molecule has 3 aromatic carbocycles. The fourth-order valence-corrected chi connectivity index (χ4v) is 3.96. The third-order valence-electron chi connectivity index (χ3n) is 4.85. The van der Waals surface area contributed by atoms with E-state index in [4.69, 9.17) is 0 Å². The van der Waals surface area contributed by atoms with Crippen LogP contribution in [0.15, 0.2) is 84.9 Å². The van der Waals surface area contributed by atoms with Crippen molar-refractivity contribution >= 4 is 40.1 Å². The highest BCUT2D eigenvalue weighted by molar-refractivity contribution is 14.1. The van der Waals surface area contributed by atoms with Gasteiger partial charge in [0.1, 0.15) is 5.41 Å². The van der Waals surface area contributed by atoms with Crippen molar-refractivity contribution < 1.29 is 9.59 Å². The highest BCUT2D eigenvalue weighted by Gasteiger charge is 2.54. The Bertz CT molecular complexity index is 913. The van der Waals surface area contributed by atoms with E-state index in [-0.39, 0.29) is 18.2 Å². The maximum atomic E-state index is 13.6. The van der Waals surface area contributed by atoms with Gasteiger partial charge in [0, 0.05) is 3.57 Å². The normalized spacial score (nSPS) is 16.1. The van der Waals surface area contributed by atoms with E-state index in [1.807, 2.05) is 84.9 Å². The topological polar surface area (TPSA) is 37.4 Å². The van der Waals surface area contributed by atoms with Gasteiger partial charge in [-0.2, -0.15) is 0 Å². The first-order valence-electron chi connectivity index (χ1n) is 8.37. The summed E-state index contributed by atoms with van der Waals surface area (Å²) in [5.74, 6) is -0.370. The van der Waals surface area contributed by atoms with Crippen LogP contribution in [0, 0.1) is 3.57 Å². The van der Waals surface area contributed by atoms with Crippen LogP contribution in [0.3, 0.4) is 0 Å². The maximum absolute atomic E-state index is 13.6. The van der Waals surface area contributed by atoms with Gasteiger partial charge in [-0.3, -0.25) is 9.59 Å². The molecule has 0 aromatic heterocycles. The van der Waals surface area contributed by atoms with E-state index in [9.17, 15) is 9.59 Å². The zero-order valence-corrected chi connectivity index (χ0v) is 16.1. The first-order valence-corrected chi connectivity index (χ1v) is 9.45. The molecule has 0 unspecified atom stereocenters. The molecule has 4 heteroatoms. The lowest BCUT2D eigenvalue weighted by Crippen LogP contribution is -2.39. The lowest BCUT2D eigenvalue weighted by molar-refractivity contribution is -0.122. The van der Waals surface area contributed by atoms with Crippen LogP contribution in [0.25, 0.3) is 0 Å². The molecule has 0 atom stereocenters. The van der Waals surface area contributed by atoms with Crippen LogP contribution in [-0.4, -0.2) is 11.8 Å². The highest BCUT2D eigenvalue weighted by Crippen LogP contribution is 2.44. The Morgan fingerprint density at radius 3 is 1.73 bits per heavy atom. The smallest absolute Gasteiger partial charge is 0.249 e. The molecule has 0 saturated carbocycles. The molecule has 26 heavy (non-hydrogen) atoms. The molecule has 3 nitrogen and oxygen atoms in total. The minimum absolute atomic E-state index is 0.131. The van der Waals surface area contributed by atoms with Crippen molar-refractivity contribution in [3.63, 3.8) is 0 Å². The molecule has 3 aromatic rings. The van der Waals surface area contributed by atoms with Gasteiger partial charge >= 0.3 is 0 Å². The summed E-state index contributed by atoms with van der Waals surface area (Å²) in [6.45, 7) is 0. The summed E-state index contributed by atoms with van der Waals surface area (Å²) in [5.41, 5.74) is 1.33. The largest absolute Gasteiger partial charge is 0.274 e. The van der Waals surface area contributed by atoms with Gasteiger partial charge in [-0.1, -0.05) is 60.7 Å². The first-order chi connectivity index (χ1) is 12.6. The van der Waals surface area contributed by atoms with E-state index >= 15 is 0 Å². The van der Waals surface area contributed by atoms with Crippen LogP contribution in [0.1, 0.15) is 17.5 Å². The fourth-order valence-electron chi connectivity index (χ4n) is 3.60. The predicted octanol–water partition coefficient (Wildman–Crippen LogP) is 4.54. The molecule has 1 heterocycles. The first kappa shape index (κ1) is 17.0. The number of hydrogen-bond donors (Lipinski definition) is 0. The molecule has 0 bridgehead atoms. The Kier molecular flexibility index (Phi) is 4.36. The number of carbonyl (C=O) groups excluding carboxylic acids is 2. The molecule has 1 saturated heterocycles. The number of nitrogens with zero attached hydrogens (tertiary/aromatic N) is 1. The molecule has 0 radical (unpaired) electrons. The Balaban J connectivity index is 1.89. The Labute approximate surface area is 165 Å². The van der Waals surface area contributed by atoms with Gasteiger partial charge in [-0.05, 0) is 58.0 Å². The Morgan fingerprint density at radius 1 is 0.731 bits per heavy atom. The van der Waals surface area contributed by atoms with Crippen LogP contribution in [0.4, 0.5) is 5.69 Å². The van der Waals surface area contributed by atoms with Gasteiger partial charge in [0.2, 0.25) is 11.8 Å². The van der Waals surface area contributed by atoms with Crippen molar-refractivity contribution in [2.24, 2.45) is 0 Å². The molecule has 1 aliphatic heterocycles. The summed E-state index contributed by atoms with van der Waals surface area (Å²) in [5, 5.41) is 0. The van der Waals surface area contributed by atoms with Gasteiger partial charge in [0.15, 0.2) is 0 Å². The maximum Gasteiger partial charge on any atom is 0.249 e. The number of carbonyl (C=O) groups is 2. The van der Waals surface area contributed by atoms with Crippen LogP contribution in [0.2, 0.25) is 0 Å². The van der Waals surface area contributed by atoms with Crippen molar-refractivity contribution in [2.75, 3.05) is 4.90 Å². The standard InChI is InChI=1S/C22H16INO2/c23-18-11-13-19(14-12-18)24-20(25)15-22(21(24)26,16-7-3-1-4-8-16)17-9-5-2-6-10-17/h1-14H,15H2. The van der Waals surface area contributed by atoms with Crippen molar-refractivity contribution in [2.45, 2.75) is 11.8 Å². The lowest BCUT2D eigenvalue weighted by atomic mass is 9.73. The van der Waals surface area contributed by atoms with Gasteiger partial charge < -0.3 is 0 Å². The van der Waals surface area contributed by atoms with Crippen LogP contribution in [-0.2, 0) is 15.0 Å². The lowest BCUT2D eigenvalue weighted by Gasteiger charge is -2.28. The average molecular weight is 453 g/mol. The summed E-state index contributed by atoms with van der Waals surface area (Å²) >= 11 is 2.21. The SMILES string of the molecule is O=C1CC(c2ccccc2)(c2ccccc2)C(=O)N1c1ccc(I)cc1. The van der Waals surface area contributed by atoms with Crippen LogP contribution in [0.5, 0.6) is 0 Å². The molecule has 128 valence electrons. The molecule has 0 aliphatic carbocycles. The van der Waals surface area contributed by atoms with E-state index in [0.717, 1.165) is 14.7 Å². The third kappa shape index (κ3) is 2.65. The van der Waals surface area contributed by atoms with Gasteiger partial charge in [0.05, 0.1) is 12.1 Å². The number of rotatable bonds is 3. The van der Waals surface area contributed by atoms with Crippen molar-refractivity contribution in [1.29, 1.82) is 0 Å². The molecule has 0 N–H and O–H groups in total. The third-order valence-corrected chi connectivity index (χ3v) is 5.57. The summed E-state index contributed by atoms with van der Waals surface area (Å²) < 4.78 is 1.06. The highest BCUT2D eigenvalue weighted by atomic mass is 127. The van der Waals surface area contributed by atoms with E-state index in [0.29, 0.717) is 5.69 Å². The summed E-state index contributed by atoms with van der Waals surface area (Å²) in [6, 6.07) is 26.6. The van der Waals surface area contributed by atoms with Gasteiger partial charge in [0.25, 0.3) is 0 Å². The Morgan fingerprint density at radius 2 is 1.23 bits per heavy atom. The van der Waals surface area contributed by atoms with Crippen LogP contribution >= 0.6 is 22.6 Å². The monoisotopic (exact) mass is 453 g/mol. The second-order valence-electron chi connectivity index (χ2n) is 6.32. The molecular weight excluding hydrogens is 437 g/mol. The fraction of sp³-hybridized carbons (Fsp3) is 0.0909. The van der Waals surface area contributed by atoms with E-state index in [1.165, 1.54) is 4.90 Å². The molecular formula is C22H16INO2. The number of imide groups is 1. The van der Waals surface area contributed by atoms with Crippen molar-refractivity contribution in [3.8, 4) is 0 Å². The van der Waals surface area contributed by atoms with Crippen LogP contribution < -0.4 is 4.90 Å². The Hall–Kier alpha value is -2.47. The zero-order valence-electron chi connectivity index (χ0n) is 13.9. The van der Waals surface area contributed by atoms with E-state index in [2.05, 4.69) is 22.6 Å². The second kappa shape index (κ2) is 6.68. The van der Waals surface area contributed by atoms with Crippen molar-refractivity contribution in [3.05, 3.63) is 99.6 Å². The number of halogens is 1. The molecule has 2 amide bonds. The van der Waals surface area contributed by atoms with Crippen molar-refractivity contribution in [1.82, 2.24) is 0 Å². The number of hydrogen-bond acceptors (Lipinski definition) is 2. The number of benzene rings is 3. The predicted molar refractivity (Wildman–Crippen MR) is 110 cm³/mol. The van der Waals surface area contributed by atoms with E-state index < -0.39 is 5.41 Å². The second-order valence-corrected chi connectivity index (χ2v) is 7.57. The zero-order chi connectivity index (χ0) is 18.1. The van der Waals surface area contributed by atoms with E-state index in [1.54, 1.807) is 0 Å². The summed E-state index contributed by atoms with van der Waals surface area (Å²) in [4.78, 5) is 27.9. The summed E-state index contributed by atoms with van der Waals surface area (Å²) in [7, 11) is 0. The number of amides is 2. The van der Waals surface area contributed by atoms with Gasteiger partial charge in [-0.25, -0.2) is 4.90 Å². The molecule has 1 fully saturated rings. The molecule has 1 aliphatic rings. The minimum atomic E-state index is -0.984. The average Bonchev–Trinajstić information content (AvgIpc) is 2.95. The molecule has 4 rings (SSSR count).